The molecule has 1 unspecified atom stereocenters. The smallest absolute Gasteiger partial charge is 0.306 e. The molecule has 0 aromatic heterocycles. The third-order valence-electron chi connectivity index (χ3n) is 16.6. The van der Waals surface area contributed by atoms with Gasteiger partial charge in [0.1, 0.15) is 13.2 Å². The Morgan fingerprint density at radius 2 is 0.444 bits per heavy atom. The van der Waals surface area contributed by atoms with Gasteiger partial charge in [0.2, 0.25) is 0 Å². The quantitative estimate of drug-likeness (QED) is 0.0261. The zero-order chi connectivity index (χ0) is 58.5. The Balaban J connectivity index is 4.31. The monoisotopic (exact) mass is 1140 g/mol. The molecule has 0 saturated heterocycles. The first-order valence-electron chi connectivity index (χ1n) is 36.5. The number of hydrogen-bond acceptors (Lipinski definition) is 6. The van der Waals surface area contributed by atoms with Gasteiger partial charge in [0, 0.05) is 19.3 Å². The van der Waals surface area contributed by atoms with Crippen molar-refractivity contribution in [1.82, 2.24) is 0 Å². The molecule has 0 spiro atoms. The van der Waals surface area contributed by atoms with Crippen LogP contribution in [0.5, 0.6) is 0 Å². The van der Waals surface area contributed by atoms with E-state index < -0.39 is 6.10 Å². The maximum Gasteiger partial charge on any atom is 0.306 e. The minimum atomic E-state index is -0.775. The van der Waals surface area contributed by atoms with Gasteiger partial charge in [0.05, 0.1) is 0 Å². The fourth-order valence-corrected chi connectivity index (χ4v) is 11.1. The number of rotatable bonds is 68. The van der Waals surface area contributed by atoms with E-state index in [0.29, 0.717) is 19.3 Å². The SMILES string of the molecule is CCCCCCC/C=C\C/C=C\CCCCCCCCCCCC(=O)OC(COC(=O)CCCCCCCCCCC/C=C\CCCCCCCC)COC(=O)CCCCCCCCCCCCCCCCCCCCCCCCC. The highest BCUT2D eigenvalue weighted by Crippen LogP contribution is 2.19. The van der Waals surface area contributed by atoms with Crippen LogP contribution in [-0.4, -0.2) is 37.2 Å². The molecule has 0 aliphatic heterocycles. The van der Waals surface area contributed by atoms with E-state index in [9.17, 15) is 14.4 Å². The second-order valence-electron chi connectivity index (χ2n) is 24.9. The second-order valence-corrected chi connectivity index (χ2v) is 24.9. The summed E-state index contributed by atoms with van der Waals surface area (Å²) in [7, 11) is 0. The van der Waals surface area contributed by atoms with Crippen molar-refractivity contribution in [3.8, 4) is 0 Å². The van der Waals surface area contributed by atoms with Gasteiger partial charge in [-0.25, -0.2) is 0 Å². The molecule has 6 nitrogen and oxygen atoms in total. The van der Waals surface area contributed by atoms with Gasteiger partial charge in [-0.15, -0.1) is 0 Å². The highest BCUT2D eigenvalue weighted by atomic mass is 16.6. The number of ether oxygens (including phenoxy) is 3. The Labute approximate surface area is 506 Å². The van der Waals surface area contributed by atoms with Crippen LogP contribution < -0.4 is 0 Å². The lowest BCUT2D eigenvalue weighted by molar-refractivity contribution is -0.167. The molecule has 0 aliphatic rings. The van der Waals surface area contributed by atoms with Crippen molar-refractivity contribution in [2.45, 2.75) is 412 Å². The van der Waals surface area contributed by atoms with E-state index in [0.717, 1.165) is 64.2 Å². The number of unbranched alkanes of at least 4 members (excludes halogenated alkanes) is 51. The third kappa shape index (κ3) is 68.3. The van der Waals surface area contributed by atoms with Crippen LogP contribution in [0.4, 0.5) is 0 Å². The summed E-state index contributed by atoms with van der Waals surface area (Å²) < 4.78 is 17.0. The molecule has 0 N–H and O–H groups in total. The van der Waals surface area contributed by atoms with Gasteiger partial charge in [-0.3, -0.25) is 14.4 Å². The summed E-state index contributed by atoms with van der Waals surface area (Å²) in [5.74, 6) is -0.844. The molecule has 0 radical (unpaired) electrons. The highest BCUT2D eigenvalue weighted by Gasteiger charge is 2.19. The molecule has 81 heavy (non-hydrogen) atoms. The lowest BCUT2D eigenvalue weighted by Crippen LogP contribution is -2.30. The first-order valence-corrected chi connectivity index (χ1v) is 36.5. The molecule has 6 heteroatoms. The number of carbonyl (C=O) groups excluding carboxylic acids is 3. The third-order valence-corrected chi connectivity index (χ3v) is 16.6. The van der Waals surface area contributed by atoms with Crippen molar-refractivity contribution < 1.29 is 28.6 Å². The maximum atomic E-state index is 13.0. The average Bonchev–Trinajstić information content (AvgIpc) is 3.47. The first kappa shape index (κ1) is 78.6. The zero-order valence-electron chi connectivity index (χ0n) is 54.8. The summed E-state index contributed by atoms with van der Waals surface area (Å²) >= 11 is 0. The Bertz CT molecular complexity index is 1350. The normalized spacial score (nSPS) is 12.2. The van der Waals surface area contributed by atoms with Crippen molar-refractivity contribution in [2.75, 3.05) is 13.2 Å². The summed E-state index contributed by atoms with van der Waals surface area (Å²) in [5, 5.41) is 0. The molecule has 0 bridgehead atoms. The van der Waals surface area contributed by atoms with E-state index in [2.05, 4.69) is 57.2 Å². The average molecular weight is 1140 g/mol. The molecule has 0 heterocycles. The number of esters is 3. The van der Waals surface area contributed by atoms with Gasteiger partial charge < -0.3 is 14.2 Å². The van der Waals surface area contributed by atoms with Crippen LogP contribution in [0.2, 0.25) is 0 Å². The van der Waals surface area contributed by atoms with Crippen molar-refractivity contribution in [2.24, 2.45) is 0 Å². The van der Waals surface area contributed by atoms with Crippen molar-refractivity contribution in [1.29, 1.82) is 0 Å². The van der Waals surface area contributed by atoms with E-state index in [-0.39, 0.29) is 31.1 Å². The fourth-order valence-electron chi connectivity index (χ4n) is 11.1. The Kier molecular flexibility index (Phi) is 68.1. The standard InChI is InChI=1S/C75H140O6/c1-4-7-10-13-16-19-22-25-28-31-34-36-37-39-41-44-47-50-53-56-59-62-65-68-74(77)80-71-72(70-79-73(76)67-64-61-58-55-52-49-46-43-40-33-30-27-24-21-18-15-12-9-6-3)81-75(78)69-66-63-60-57-54-51-48-45-42-38-35-32-29-26-23-20-17-14-11-8-5-2/h23,26-27,30,32,35,72H,4-22,24-25,28-29,31,33-34,36-71H2,1-3H3/b26-23-,30-27-,35-32-. The van der Waals surface area contributed by atoms with E-state index in [4.69, 9.17) is 14.2 Å². The van der Waals surface area contributed by atoms with E-state index in [1.54, 1.807) is 0 Å². The summed E-state index contributed by atoms with van der Waals surface area (Å²) in [5.41, 5.74) is 0. The number of allylic oxidation sites excluding steroid dienone is 6. The first-order chi connectivity index (χ1) is 40.0. The van der Waals surface area contributed by atoms with Gasteiger partial charge in [-0.05, 0) is 77.0 Å². The number of hydrogen-bond donors (Lipinski definition) is 0. The van der Waals surface area contributed by atoms with Crippen LogP contribution in [0.25, 0.3) is 0 Å². The van der Waals surface area contributed by atoms with E-state index >= 15 is 0 Å². The van der Waals surface area contributed by atoms with Crippen LogP contribution >= 0.6 is 0 Å². The van der Waals surface area contributed by atoms with Crippen LogP contribution in [-0.2, 0) is 28.6 Å². The Hall–Kier alpha value is -2.37. The van der Waals surface area contributed by atoms with Crippen molar-refractivity contribution >= 4 is 17.9 Å². The topological polar surface area (TPSA) is 78.9 Å². The molecule has 0 aromatic rings. The summed E-state index contributed by atoms with van der Waals surface area (Å²) in [4.78, 5) is 38.5. The van der Waals surface area contributed by atoms with Crippen molar-refractivity contribution in [3.63, 3.8) is 0 Å². The summed E-state index contributed by atoms with van der Waals surface area (Å²) in [6, 6.07) is 0. The summed E-state index contributed by atoms with van der Waals surface area (Å²) in [6.45, 7) is 6.71. The van der Waals surface area contributed by atoms with Gasteiger partial charge >= 0.3 is 17.9 Å². The van der Waals surface area contributed by atoms with Gasteiger partial charge in [0.25, 0.3) is 0 Å². The zero-order valence-corrected chi connectivity index (χ0v) is 54.8. The molecular formula is C75H140O6. The predicted octanol–water partition coefficient (Wildman–Crippen LogP) is 25.1. The minimum Gasteiger partial charge on any atom is -0.462 e. The molecular weight excluding hydrogens is 997 g/mol. The molecule has 0 aliphatic carbocycles. The molecule has 0 amide bonds. The summed E-state index contributed by atoms with van der Waals surface area (Å²) in [6.07, 6.45) is 87.4. The second kappa shape index (κ2) is 70.1. The van der Waals surface area contributed by atoms with Crippen LogP contribution in [0.3, 0.4) is 0 Å². The molecule has 476 valence electrons. The molecule has 0 rings (SSSR count). The van der Waals surface area contributed by atoms with Crippen LogP contribution in [0, 0.1) is 0 Å². The lowest BCUT2D eigenvalue weighted by atomic mass is 10.0. The molecule has 0 saturated carbocycles. The van der Waals surface area contributed by atoms with Crippen LogP contribution in [0.15, 0.2) is 36.5 Å². The van der Waals surface area contributed by atoms with Gasteiger partial charge in [-0.2, -0.15) is 0 Å². The molecule has 0 fully saturated rings. The molecule has 0 aromatic carbocycles. The van der Waals surface area contributed by atoms with E-state index in [1.165, 1.54) is 302 Å². The Morgan fingerprint density at radius 3 is 0.691 bits per heavy atom. The van der Waals surface area contributed by atoms with E-state index in [1.807, 2.05) is 0 Å². The van der Waals surface area contributed by atoms with Crippen molar-refractivity contribution in [3.05, 3.63) is 36.5 Å². The van der Waals surface area contributed by atoms with Gasteiger partial charge in [0.15, 0.2) is 6.10 Å². The van der Waals surface area contributed by atoms with Crippen LogP contribution in [0.1, 0.15) is 406 Å². The lowest BCUT2D eigenvalue weighted by Gasteiger charge is -2.18. The maximum absolute atomic E-state index is 13.0. The largest absolute Gasteiger partial charge is 0.462 e. The molecule has 1 atom stereocenters. The predicted molar refractivity (Wildman–Crippen MR) is 353 cm³/mol. The minimum absolute atomic E-state index is 0.0693. The Morgan fingerprint density at radius 1 is 0.247 bits per heavy atom. The number of carbonyl (C=O) groups is 3. The fraction of sp³-hybridized carbons (Fsp3) is 0.880. The van der Waals surface area contributed by atoms with Gasteiger partial charge in [-0.1, -0.05) is 346 Å². The highest BCUT2D eigenvalue weighted by molar-refractivity contribution is 5.71.